The molecule has 2 aromatic carbocycles. The number of aliphatic carboxylic acids is 1. The summed E-state index contributed by atoms with van der Waals surface area (Å²) in [5, 5.41) is 9.81. The molecule has 0 radical (unpaired) electrons. The molecule has 0 amide bonds. The van der Waals surface area contributed by atoms with E-state index < -0.39 is 29.8 Å². The van der Waals surface area contributed by atoms with Gasteiger partial charge in [-0.1, -0.05) is 34.5 Å². The summed E-state index contributed by atoms with van der Waals surface area (Å²) in [4.78, 5) is 13.8. The van der Waals surface area contributed by atoms with Crippen LogP contribution in [0.5, 0.6) is 11.5 Å². The summed E-state index contributed by atoms with van der Waals surface area (Å²) in [7, 11) is 2.99. The average molecular weight is 502 g/mol. The first-order valence-electron chi connectivity index (χ1n) is 9.74. The lowest BCUT2D eigenvalue weighted by molar-refractivity contribution is -0.145. The van der Waals surface area contributed by atoms with E-state index in [1.54, 1.807) is 12.1 Å². The van der Waals surface area contributed by atoms with Crippen LogP contribution in [0.25, 0.3) is 0 Å². The second-order valence-corrected chi connectivity index (χ2v) is 8.19. The van der Waals surface area contributed by atoms with Crippen molar-refractivity contribution in [2.45, 2.75) is 37.5 Å². The molecule has 2 atom stereocenters. The van der Waals surface area contributed by atoms with Crippen molar-refractivity contribution < 1.29 is 32.5 Å². The fourth-order valence-corrected chi connectivity index (χ4v) is 4.55. The van der Waals surface area contributed by atoms with Gasteiger partial charge in [0.1, 0.15) is 6.04 Å². The number of likely N-dealkylation sites (tertiary alicyclic amines) is 1. The van der Waals surface area contributed by atoms with Crippen molar-refractivity contribution >= 4 is 21.9 Å². The molecule has 0 aliphatic carbocycles. The van der Waals surface area contributed by atoms with Crippen LogP contribution in [0.2, 0.25) is 0 Å². The summed E-state index contributed by atoms with van der Waals surface area (Å²) in [6.07, 6.45) is -2.41. The molecule has 1 aliphatic rings. The number of methoxy groups -OCH3 is 2. The highest BCUT2D eigenvalue weighted by Gasteiger charge is 2.37. The average Bonchev–Trinajstić information content (AvgIpc) is 2.74. The molecule has 2 aromatic rings. The van der Waals surface area contributed by atoms with E-state index >= 15 is 0 Å². The molecule has 1 saturated heterocycles. The maximum atomic E-state index is 13.1. The van der Waals surface area contributed by atoms with Crippen LogP contribution in [0.1, 0.15) is 42.0 Å². The highest BCUT2D eigenvalue weighted by molar-refractivity contribution is 9.10. The van der Waals surface area contributed by atoms with E-state index in [4.69, 9.17) is 9.47 Å². The van der Waals surface area contributed by atoms with Gasteiger partial charge in [-0.2, -0.15) is 13.2 Å². The topological polar surface area (TPSA) is 59.0 Å². The molecule has 0 saturated carbocycles. The van der Waals surface area contributed by atoms with Crippen molar-refractivity contribution in [2.75, 3.05) is 20.8 Å². The van der Waals surface area contributed by atoms with Crippen LogP contribution in [-0.2, 0) is 11.0 Å². The Morgan fingerprint density at radius 2 is 1.74 bits per heavy atom. The molecular formula is C22H23BrF3NO4. The molecule has 31 heavy (non-hydrogen) atoms. The van der Waals surface area contributed by atoms with E-state index in [0.717, 1.165) is 25.0 Å². The maximum Gasteiger partial charge on any atom is 0.416 e. The van der Waals surface area contributed by atoms with Crippen LogP contribution >= 0.6 is 15.9 Å². The van der Waals surface area contributed by atoms with Crippen LogP contribution in [0, 0.1) is 0 Å². The molecule has 3 rings (SSSR count). The molecule has 1 N–H and O–H groups in total. The number of hydrogen-bond donors (Lipinski definition) is 1. The minimum atomic E-state index is -4.45. The molecular weight excluding hydrogens is 479 g/mol. The number of ether oxygens (including phenoxy) is 2. The van der Waals surface area contributed by atoms with Gasteiger partial charge in [-0.15, -0.1) is 0 Å². The third-order valence-corrected chi connectivity index (χ3v) is 6.20. The number of carbonyl (C=O) groups is 1. The fraction of sp³-hybridized carbons (Fsp3) is 0.409. The third-order valence-electron chi connectivity index (χ3n) is 5.51. The largest absolute Gasteiger partial charge is 0.493 e. The van der Waals surface area contributed by atoms with Gasteiger partial charge in [0.2, 0.25) is 0 Å². The number of carboxylic acids is 1. The SMILES string of the molecule is COc1cc(Br)c(C(c2ccc(C(F)(F)F)cc2)N2CCCCC2C(=O)O)cc1OC. The van der Waals surface area contributed by atoms with E-state index in [2.05, 4.69) is 15.9 Å². The first-order chi connectivity index (χ1) is 14.7. The number of alkyl halides is 3. The van der Waals surface area contributed by atoms with Crippen molar-refractivity contribution in [3.8, 4) is 11.5 Å². The number of nitrogens with zero attached hydrogens (tertiary/aromatic N) is 1. The summed E-state index contributed by atoms with van der Waals surface area (Å²) in [5.74, 6) is -0.0209. The molecule has 1 fully saturated rings. The zero-order valence-corrected chi connectivity index (χ0v) is 18.7. The van der Waals surface area contributed by atoms with Crippen LogP contribution in [0.15, 0.2) is 40.9 Å². The van der Waals surface area contributed by atoms with Gasteiger partial charge < -0.3 is 14.6 Å². The summed E-state index contributed by atoms with van der Waals surface area (Å²) in [6, 6.07) is 6.98. The van der Waals surface area contributed by atoms with Crippen molar-refractivity contribution in [1.29, 1.82) is 0 Å². The van der Waals surface area contributed by atoms with Crippen LogP contribution in [0.3, 0.4) is 0 Å². The van der Waals surface area contributed by atoms with Gasteiger partial charge in [0.25, 0.3) is 0 Å². The zero-order valence-electron chi connectivity index (χ0n) is 17.1. The monoisotopic (exact) mass is 501 g/mol. The Hall–Kier alpha value is -2.26. The van der Waals surface area contributed by atoms with Gasteiger partial charge >= 0.3 is 12.1 Å². The predicted octanol–water partition coefficient (Wildman–Crippen LogP) is 5.51. The Morgan fingerprint density at radius 1 is 1.13 bits per heavy atom. The van der Waals surface area contributed by atoms with Gasteiger partial charge in [-0.3, -0.25) is 9.69 Å². The lowest BCUT2D eigenvalue weighted by Gasteiger charge is -2.40. The molecule has 5 nitrogen and oxygen atoms in total. The zero-order chi connectivity index (χ0) is 22.8. The van der Waals surface area contributed by atoms with E-state index in [0.29, 0.717) is 40.1 Å². The minimum Gasteiger partial charge on any atom is -0.493 e. The standard InChI is InChI=1S/C22H23BrF3NO4/c1-30-18-11-15(16(23)12-19(18)31-2)20(27-10-4-3-5-17(27)21(28)29)13-6-8-14(9-7-13)22(24,25)26/h6-9,11-12,17,20H,3-5,10H2,1-2H3,(H,28,29). The highest BCUT2D eigenvalue weighted by Crippen LogP contribution is 2.43. The van der Waals surface area contributed by atoms with Gasteiger partial charge in [0.05, 0.1) is 25.8 Å². The molecule has 9 heteroatoms. The summed E-state index contributed by atoms with van der Waals surface area (Å²) in [5.41, 5.74) is 0.495. The number of piperidine rings is 1. The second-order valence-electron chi connectivity index (χ2n) is 7.34. The smallest absolute Gasteiger partial charge is 0.416 e. The summed E-state index contributed by atoms with van der Waals surface area (Å²) < 4.78 is 50.6. The van der Waals surface area contributed by atoms with Crippen molar-refractivity contribution in [2.24, 2.45) is 0 Å². The third kappa shape index (κ3) is 4.98. The molecule has 168 valence electrons. The van der Waals surface area contributed by atoms with Gasteiger partial charge in [-0.05, 0) is 54.8 Å². The van der Waals surface area contributed by atoms with Crippen LogP contribution in [-0.4, -0.2) is 42.8 Å². The van der Waals surface area contributed by atoms with Gasteiger partial charge in [-0.25, -0.2) is 0 Å². The minimum absolute atomic E-state index is 0.446. The lowest BCUT2D eigenvalue weighted by Crippen LogP contribution is -2.47. The normalized spacial score (nSPS) is 18.5. The second kappa shape index (κ2) is 9.48. The Bertz CT molecular complexity index is 934. The van der Waals surface area contributed by atoms with E-state index in [9.17, 15) is 23.1 Å². The van der Waals surface area contributed by atoms with E-state index in [-0.39, 0.29) is 0 Å². The van der Waals surface area contributed by atoms with Gasteiger partial charge in [0.15, 0.2) is 11.5 Å². The van der Waals surface area contributed by atoms with Crippen molar-refractivity contribution in [3.05, 3.63) is 57.6 Å². The van der Waals surface area contributed by atoms with Crippen molar-refractivity contribution in [1.82, 2.24) is 4.90 Å². The number of rotatable bonds is 6. The van der Waals surface area contributed by atoms with Crippen LogP contribution < -0.4 is 9.47 Å². The van der Waals surface area contributed by atoms with Gasteiger partial charge in [0, 0.05) is 4.47 Å². The van der Waals surface area contributed by atoms with Crippen LogP contribution in [0.4, 0.5) is 13.2 Å². The molecule has 1 heterocycles. The number of carboxylic acid groups (broad SMARTS) is 1. The summed E-state index contributed by atoms with van der Waals surface area (Å²) >= 11 is 3.53. The van der Waals surface area contributed by atoms with Crippen molar-refractivity contribution in [3.63, 3.8) is 0 Å². The fourth-order valence-electron chi connectivity index (χ4n) is 4.01. The van der Waals surface area contributed by atoms with E-state index in [1.807, 2.05) is 4.90 Å². The maximum absolute atomic E-state index is 13.1. The van der Waals surface area contributed by atoms with E-state index in [1.165, 1.54) is 26.4 Å². The molecule has 1 aliphatic heterocycles. The Kier molecular flexibility index (Phi) is 7.16. The highest BCUT2D eigenvalue weighted by atomic mass is 79.9. The molecule has 0 aromatic heterocycles. The first kappa shape index (κ1) is 23.4. The molecule has 2 unspecified atom stereocenters. The Balaban J connectivity index is 2.16. The molecule has 0 bridgehead atoms. The molecule has 0 spiro atoms. The lowest BCUT2D eigenvalue weighted by atomic mass is 9.91. The summed E-state index contributed by atoms with van der Waals surface area (Å²) in [6.45, 7) is 0.503. The Labute approximate surface area is 186 Å². The quantitative estimate of drug-likeness (QED) is 0.565. The number of halogens is 4. The number of benzene rings is 2. The Morgan fingerprint density at radius 3 is 2.29 bits per heavy atom. The number of hydrogen-bond acceptors (Lipinski definition) is 4. The predicted molar refractivity (Wildman–Crippen MR) is 113 cm³/mol. The first-order valence-corrected chi connectivity index (χ1v) is 10.5.